The Morgan fingerprint density at radius 2 is 1.14 bits per heavy atom. The van der Waals surface area contributed by atoms with Crippen molar-refractivity contribution in [3.8, 4) is 0 Å². The lowest BCUT2D eigenvalue weighted by Crippen LogP contribution is -2.20. The van der Waals surface area contributed by atoms with Gasteiger partial charge in [-0.05, 0) is 57.9 Å². The molecule has 0 aliphatic heterocycles. The lowest BCUT2D eigenvalue weighted by molar-refractivity contribution is -0.369. The minimum atomic E-state index is -0.694. The molecule has 6 nitrogen and oxygen atoms in total. The van der Waals surface area contributed by atoms with Crippen LogP contribution in [0.4, 0.5) is 0 Å². The van der Waals surface area contributed by atoms with E-state index in [4.69, 9.17) is 19.6 Å². The highest BCUT2D eigenvalue weighted by Crippen LogP contribution is 2.21. The zero-order valence-corrected chi connectivity index (χ0v) is 16.7. The molecule has 1 unspecified atom stereocenters. The van der Waals surface area contributed by atoms with Crippen LogP contribution < -0.4 is 0 Å². The molecule has 0 spiro atoms. The first-order chi connectivity index (χ1) is 13.2. The van der Waals surface area contributed by atoms with E-state index >= 15 is 0 Å². The van der Waals surface area contributed by atoms with Crippen LogP contribution in [0.1, 0.15) is 49.9 Å². The maximum atomic E-state index is 12.2. The van der Waals surface area contributed by atoms with Crippen LogP contribution in [0.3, 0.4) is 0 Å². The second-order valence-corrected chi connectivity index (χ2v) is 6.77. The minimum absolute atomic E-state index is 0.253. The number of carbonyl (C=O) groups is 2. The van der Waals surface area contributed by atoms with Gasteiger partial charge in [0.2, 0.25) is 0 Å². The Morgan fingerprint density at radius 3 is 1.46 bits per heavy atom. The fourth-order valence-electron chi connectivity index (χ4n) is 2.51. The van der Waals surface area contributed by atoms with Crippen LogP contribution in [-0.4, -0.2) is 11.9 Å². The van der Waals surface area contributed by atoms with Crippen molar-refractivity contribution >= 4 is 11.9 Å². The Balaban J connectivity index is 1.96. The number of aryl methyl sites for hydroxylation is 4. The molecular weight excluding hydrogens is 360 g/mol. The molecule has 2 aromatic rings. The summed E-state index contributed by atoms with van der Waals surface area (Å²) in [6.07, 6.45) is -0.253. The van der Waals surface area contributed by atoms with Gasteiger partial charge in [0.05, 0.1) is 11.1 Å². The molecule has 2 radical (unpaired) electrons. The molecule has 2 rings (SSSR count). The van der Waals surface area contributed by atoms with Crippen molar-refractivity contribution in [2.75, 3.05) is 0 Å². The maximum absolute atomic E-state index is 12.2. The molecular formula is C22H24O6. The van der Waals surface area contributed by atoms with Gasteiger partial charge < -0.3 is 0 Å². The fourth-order valence-corrected chi connectivity index (χ4v) is 2.51. The summed E-state index contributed by atoms with van der Waals surface area (Å²) in [4.78, 5) is 43.9. The van der Waals surface area contributed by atoms with Gasteiger partial charge >= 0.3 is 18.2 Å². The molecule has 0 amide bonds. The van der Waals surface area contributed by atoms with Crippen LogP contribution in [0.2, 0.25) is 0 Å². The lowest BCUT2D eigenvalue weighted by Gasteiger charge is -2.16. The first-order valence-electron chi connectivity index (χ1n) is 8.81. The van der Waals surface area contributed by atoms with E-state index in [1.807, 2.05) is 26.0 Å². The van der Waals surface area contributed by atoms with Gasteiger partial charge in [-0.25, -0.2) is 9.59 Å². The molecule has 0 heterocycles. The van der Waals surface area contributed by atoms with E-state index in [2.05, 4.69) is 6.92 Å². The average molecular weight is 384 g/mol. The van der Waals surface area contributed by atoms with E-state index in [-0.39, 0.29) is 6.29 Å². The van der Waals surface area contributed by atoms with Crippen molar-refractivity contribution in [3.63, 3.8) is 0 Å². The quantitative estimate of drug-likeness (QED) is 0.506. The van der Waals surface area contributed by atoms with Gasteiger partial charge in [-0.15, -0.1) is 9.78 Å². The Hall–Kier alpha value is -2.70. The highest BCUT2D eigenvalue weighted by Gasteiger charge is 2.26. The Labute approximate surface area is 165 Å². The summed E-state index contributed by atoms with van der Waals surface area (Å²) in [5.41, 5.74) is 4.26. The van der Waals surface area contributed by atoms with Gasteiger partial charge in [0, 0.05) is 5.92 Å². The van der Waals surface area contributed by atoms with Crippen molar-refractivity contribution in [2.45, 2.75) is 34.6 Å². The van der Waals surface area contributed by atoms with Crippen LogP contribution >= 0.6 is 0 Å². The maximum Gasteiger partial charge on any atom is 0.373 e. The van der Waals surface area contributed by atoms with Crippen molar-refractivity contribution < 1.29 is 29.1 Å². The molecule has 1 atom stereocenters. The molecule has 0 saturated carbocycles. The second kappa shape index (κ2) is 9.48. The molecule has 148 valence electrons. The van der Waals surface area contributed by atoms with Gasteiger partial charge in [-0.3, -0.25) is 9.78 Å². The highest BCUT2D eigenvalue weighted by atomic mass is 17.3. The summed E-state index contributed by atoms with van der Waals surface area (Å²) in [6.45, 7) is 12.8. The van der Waals surface area contributed by atoms with Crippen molar-refractivity contribution in [1.29, 1.82) is 0 Å². The largest absolute Gasteiger partial charge is 0.373 e. The van der Waals surface area contributed by atoms with Crippen LogP contribution in [0.5, 0.6) is 0 Å². The van der Waals surface area contributed by atoms with E-state index in [9.17, 15) is 9.59 Å². The Morgan fingerprint density at radius 1 is 0.750 bits per heavy atom. The summed E-state index contributed by atoms with van der Waals surface area (Å²) in [5.74, 6) is -1.96. The fraction of sp³-hybridized carbons (Fsp3) is 0.273. The summed E-state index contributed by atoms with van der Waals surface area (Å²) >= 11 is 0. The number of hydrogen-bond donors (Lipinski definition) is 0. The molecule has 2 aromatic carbocycles. The molecule has 0 saturated heterocycles. The molecule has 0 fully saturated rings. The SMILES string of the molecule is [CH2]C(C)[C](OOC(=O)c1ccc(C)cc1C)OOC(=O)c1ccc(C)cc1C. The lowest BCUT2D eigenvalue weighted by atomic mass is 10.1. The van der Waals surface area contributed by atoms with E-state index in [1.165, 1.54) is 0 Å². The van der Waals surface area contributed by atoms with Gasteiger partial charge in [0.1, 0.15) is 0 Å². The van der Waals surface area contributed by atoms with E-state index in [0.29, 0.717) is 11.1 Å². The predicted molar refractivity (Wildman–Crippen MR) is 103 cm³/mol. The number of rotatable bonds is 7. The third-order valence-corrected chi connectivity index (χ3v) is 4.00. The molecule has 0 aromatic heterocycles. The number of benzene rings is 2. The van der Waals surface area contributed by atoms with Crippen LogP contribution in [0, 0.1) is 46.8 Å². The Kier molecular flexibility index (Phi) is 7.31. The van der Waals surface area contributed by atoms with E-state index < -0.39 is 17.9 Å². The molecule has 28 heavy (non-hydrogen) atoms. The zero-order valence-electron chi connectivity index (χ0n) is 16.7. The first-order valence-corrected chi connectivity index (χ1v) is 8.81. The summed E-state index contributed by atoms with van der Waals surface area (Å²) in [7, 11) is 0. The standard InChI is InChI=1S/C22H24O6/c1-13(2)22(27-25-20(23)18-9-7-14(3)11-16(18)5)28-26-21(24)19-10-8-15(4)12-17(19)6/h7-13H,1H2,2-6H3. The number of hydrogen-bond acceptors (Lipinski definition) is 6. The normalized spacial score (nSPS) is 11.0. The summed E-state index contributed by atoms with van der Waals surface area (Å²) in [5, 5.41) is 0. The first kappa shape index (κ1) is 21.6. The molecule has 0 N–H and O–H groups in total. The summed E-state index contributed by atoms with van der Waals surface area (Å²) < 4.78 is 0. The van der Waals surface area contributed by atoms with Crippen molar-refractivity contribution in [3.05, 3.63) is 83.0 Å². The predicted octanol–water partition coefficient (Wildman–Crippen LogP) is 4.76. The molecule has 6 heteroatoms. The highest BCUT2D eigenvalue weighted by molar-refractivity contribution is 5.91. The van der Waals surface area contributed by atoms with Crippen LogP contribution in [0.15, 0.2) is 36.4 Å². The smallest absolute Gasteiger partial charge is 0.289 e. The molecule has 0 aliphatic carbocycles. The third kappa shape index (κ3) is 5.65. The zero-order chi connectivity index (χ0) is 20.8. The monoisotopic (exact) mass is 384 g/mol. The van der Waals surface area contributed by atoms with Crippen LogP contribution in [0.25, 0.3) is 0 Å². The van der Waals surface area contributed by atoms with Crippen LogP contribution in [-0.2, 0) is 19.6 Å². The summed E-state index contributed by atoms with van der Waals surface area (Å²) in [6, 6.07) is 10.6. The molecule has 0 bridgehead atoms. The van der Waals surface area contributed by atoms with Crippen molar-refractivity contribution in [1.82, 2.24) is 0 Å². The van der Waals surface area contributed by atoms with Crippen molar-refractivity contribution in [2.24, 2.45) is 5.92 Å². The Bertz CT molecular complexity index is 789. The van der Waals surface area contributed by atoms with Gasteiger partial charge in [0.25, 0.3) is 0 Å². The topological polar surface area (TPSA) is 71.1 Å². The second-order valence-electron chi connectivity index (χ2n) is 6.77. The van der Waals surface area contributed by atoms with E-state index in [0.717, 1.165) is 22.3 Å². The minimum Gasteiger partial charge on any atom is -0.289 e. The van der Waals surface area contributed by atoms with Gasteiger partial charge in [-0.1, -0.05) is 42.3 Å². The molecule has 0 aliphatic rings. The third-order valence-electron chi connectivity index (χ3n) is 4.00. The number of carbonyl (C=O) groups excluding carboxylic acids is 2. The van der Waals surface area contributed by atoms with Gasteiger partial charge in [-0.2, -0.15) is 0 Å². The van der Waals surface area contributed by atoms with Gasteiger partial charge in [0.15, 0.2) is 0 Å². The van der Waals surface area contributed by atoms with E-state index in [1.54, 1.807) is 45.0 Å². The average Bonchev–Trinajstić information content (AvgIpc) is 2.60.